The number of benzene rings is 1. The standard InChI is InChI=1S/C28H28ClFN6O/c1-17-7-9-18(10-8-17)16-36-26-25(20-11-21(29)15-32-14-20)33-24(13-31)34-27(26)35-28(36)22(30)12-19-5-3-4-6-23(19)37-2/h3-6,11,14-15,17-18,22H,7-10,12,16H2,1-2H3/t17-,18-,22?. The third-order valence-corrected chi connectivity index (χ3v) is 7.37. The zero-order chi connectivity index (χ0) is 25.9. The quantitative estimate of drug-likeness (QED) is 0.277. The molecule has 0 radical (unpaired) electrons. The highest BCUT2D eigenvalue weighted by molar-refractivity contribution is 6.30. The Hall–Kier alpha value is -3.57. The van der Waals surface area contributed by atoms with Gasteiger partial charge in [0.15, 0.2) is 11.8 Å². The summed E-state index contributed by atoms with van der Waals surface area (Å²) in [6.07, 6.45) is 6.27. The molecule has 4 aromatic rings. The molecule has 1 unspecified atom stereocenters. The normalized spacial score (nSPS) is 18.5. The molecular weight excluding hydrogens is 491 g/mol. The second-order valence-corrected chi connectivity index (χ2v) is 10.2. The van der Waals surface area contributed by atoms with Crippen LogP contribution in [0.2, 0.25) is 5.02 Å². The predicted molar refractivity (Wildman–Crippen MR) is 140 cm³/mol. The number of nitrogens with zero attached hydrogens (tertiary/aromatic N) is 6. The zero-order valence-electron chi connectivity index (χ0n) is 20.9. The van der Waals surface area contributed by atoms with Crippen molar-refractivity contribution >= 4 is 22.8 Å². The Balaban J connectivity index is 1.66. The molecule has 7 nitrogen and oxygen atoms in total. The molecule has 5 rings (SSSR count). The number of halogens is 2. The van der Waals surface area contributed by atoms with Crippen molar-refractivity contribution in [2.24, 2.45) is 11.8 Å². The van der Waals surface area contributed by atoms with E-state index in [-0.39, 0.29) is 18.1 Å². The van der Waals surface area contributed by atoms with Crippen LogP contribution in [0.1, 0.15) is 56.0 Å². The van der Waals surface area contributed by atoms with Crippen LogP contribution in [0.15, 0.2) is 42.7 Å². The van der Waals surface area contributed by atoms with Crippen molar-refractivity contribution in [1.29, 1.82) is 5.26 Å². The van der Waals surface area contributed by atoms with Crippen LogP contribution in [0, 0.1) is 23.2 Å². The highest BCUT2D eigenvalue weighted by atomic mass is 35.5. The average Bonchev–Trinajstić information content (AvgIpc) is 3.28. The summed E-state index contributed by atoms with van der Waals surface area (Å²) in [5.74, 6) is 1.95. The van der Waals surface area contributed by atoms with E-state index in [9.17, 15) is 5.26 Å². The van der Waals surface area contributed by atoms with Gasteiger partial charge in [0.2, 0.25) is 5.82 Å². The molecular formula is C28H28ClFN6O. The van der Waals surface area contributed by atoms with Crippen molar-refractivity contribution in [2.45, 2.75) is 51.7 Å². The summed E-state index contributed by atoms with van der Waals surface area (Å²) >= 11 is 6.24. The van der Waals surface area contributed by atoms with Crippen LogP contribution < -0.4 is 4.74 Å². The van der Waals surface area contributed by atoms with Crippen LogP contribution in [0.5, 0.6) is 5.75 Å². The summed E-state index contributed by atoms with van der Waals surface area (Å²) in [7, 11) is 1.58. The van der Waals surface area contributed by atoms with Gasteiger partial charge in [0.1, 0.15) is 28.9 Å². The molecule has 0 bridgehead atoms. The molecule has 1 aliphatic rings. The van der Waals surface area contributed by atoms with Crippen molar-refractivity contribution in [1.82, 2.24) is 24.5 Å². The van der Waals surface area contributed by atoms with Gasteiger partial charge in [0, 0.05) is 30.9 Å². The Morgan fingerprint density at radius 2 is 1.95 bits per heavy atom. The molecule has 0 spiro atoms. The lowest BCUT2D eigenvalue weighted by atomic mass is 9.83. The van der Waals surface area contributed by atoms with Gasteiger partial charge in [-0.2, -0.15) is 10.2 Å². The first kappa shape index (κ1) is 25.1. The molecule has 3 heterocycles. The van der Waals surface area contributed by atoms with Gasteiger partial charge in [-0.3, -0.25) is 4.98 Å². The maximum absolute atomic E-state index is 16.1. The Kier molecular flexibility index (Phi) is 7.33. The van der Waals surface area contributed by atoms with Crippen LogP contribution >= 0.6 is 11.6 Å². The first-order valence-corrected chi connectivity index (χ1v) is 12.9. The van der Waals surface area contributed by atoms with Crippen molar-refractivity contribution in [3.63, 3.8) is 0 Å². The Labute approximate surface area is 220 Å². The molecule has 0 aliphatic heterocycles. The van der Waals surface area contributed by atoms with E-state index in [0.717, 1.165) is 31.2 Å². The zero-order valence-corrected chi connectivity index (χ0v) is 21.6. The number of hydrogen-bond acceptors (Lipinski definition) is 6. The summed E-state index contributed by atoms with van der Waals surface area (Å²) < 4.78 is 23.5. The van der Waals surface area contributed by atoms with Gasteiger partial charge in [-0.25, -0.2) is 14.4 Å². The fourth-order valence-corrected chi connectivity index (χ4v) is 5.37. The van der Waals surface area contributed by atoms with E-state index in [0.29, 0.717) is 51.6 Å². The number of hydrogen-bond donors (Lipinski definition) is 0. The predicted octanol–water partition coefficient (Wildman–Crippen LogP) is 6.50. The van der Waals surface area contributed by atoms with Crippen molar-refractivity contribution in [2.75, 3.05) is 7.11 Å². The minimum atomic E-state index is -1.41. The second kappa shape index (κ2) is 10.8. The molecule has 0 saturated heterocycles. The molecule has 1 saturated carbocycles. The van der Waals surface area contributed by atoms with Gasteiger partial charge in [0.25, 0.3) is 0 Å². The molecule has 1 aromatic carbocycles. The molecule has 1 fully saturated rings. The highest BCUT2D eigenvalue weighted by Gasteiger charge is 2.28. The minimum Gasteiger partial charge on any atom is -0.496 e. The summed E-state index contributed by atoms with van der Waals surface area (Å²) in [5, 5.41) is 10.0. The van der Waals surface area contributed by atoms with Crippen LogP contribution in [0.4, 0.5) is 4.39 Å². The Morgan fingerprint density at radius 3 is 2.68 bits per heavy atom. The number of alkyl halides is 1. The monoisotopic (exact) mass is 518 g/mol. The lowest BCUT2D eigenvalue weighted by Crippen LogP contribution is -2.20. The summed E-state index contributed by atoms with van der Waals surface area (Å²) in [6.45, 7) is 2.88. The Bertz CT molecular complexity index is 1460. The van der Waals surface area contributed by atoms with E-state index in [4.69, 9.17) is 16.3 Å². The molecule has 1 aliphatic carbocycles. The van der Waals surface area contributed by atoms with E-state index in [1.165, 1.54) is 6.20 Å². The lowest BCUT2D eigenvalue weighted by Gasteiger charge is -2.27. The second-order valence-electron chi connectivity index (χ2n) is 9.76. The first-order chi connectivity index (χ1) is 18.0. The molecule has 0 amide bonds. The van der Waals surface area contributed by atoms with Gasteiger partial charge >= 0.3 is 0 Å². The fraction of sp³-hybridized carbons (Fsp3) is 0.393. The number of pyridine rings is 1. The fourth-order valence-electron chi connectivity index (χ4n) is 5.20. The third-order valence-electron chi connectivity index (χ3n) is 7.16. The van der Waals surface area contributed by atoms with Crippen LogP contribution in [0.25, 0.3) is 22.4 Å². The first-order valence-electron chi connectivity index (χ1n) is 12.5. The Morgan fingerprint density at radius 1 is 1.16 bits per heavy atom. The largest absolute Gasteiger partial charge is 0.496 e. The van der Waals surface area contributed by atoms with Crippen LogP contribution in [-0.4, -0.2) is 31.6 Å². The topological polar surface area (TPSA) is 89.5 Å². The average molecular weight is 519 g/mol. The highest BCUT2D eigenvalue weighted by Crippen LogP contribution is 2.36. The van der Waals surface area contributed by atoms with E-state index in [1.54, 1.807) is 19.4 Å². The van der Waals surface area contributed by atoms with Gasteiger partial charge in [-0.1, -0.05) is 49.6 Å². The molecule has 190 valence electrons. The van der Waals surface area contributed by atoms with E-state index in [1.807, 2.05) is 34.9 Å². The number of methoxy groups -OCH3 is 1. The van der Waals surface area contributed by atoms with Gasteiger partial charge in [0.05, 0.1) is 12.1 Å². The van der Waals surface area contributed by atoms with Crippen LogP contribution in [0.3, 0.4) is 0 Å². The minimum absolute atomic E-state index is 0.0368. The number of para-hydroxylation sites is 1. The third kappa shape index (κ3) is 5.28. The summed E-state index contributed by atoms with van der Waals surface area (Å²) in [6, 6.07) is 11.2. The van der Waals surface area contributed by atoms with E-state index < -0.39 is 6.17 Å². The number of imidazole rings is 1. The molecule has 9 heteroatoms. The number of aromatic nitrogens is 5. The van der Waals surface area contributed by atoms with Gasteiger partial charge < -0.3 is 9.30 Å². The number of fused-ring (bicyclic) bond motifs is 1. The maximum Gasteiger partial charge on any atom is 0.234 e. The SMILES string of the molecule is COc1ccccc1CC(F)c1nc2nc(C#N)nc(-c3cncc(Cl)c3)c2n1C[C@H]1CC[C@H](C)CC1. The summed E-state index contributed by atoms with van der Waals surface area (Å²) in [5.41, 5.74) is 2.75. The van der Waals surface area contributed by atoms with Gasteiger partial charge in [-0.05, 0) is 42.4 Å². The van der Waals surface area contributed by atoms with Crippen molar-refractivity contribution in [3.8, 4) is 23.1 Å². The molecule has 1 atom stereocenters. The molecule has 3 aromatic heterocycles. The maximum atomic E-state index is 16.1. The van der Waals surface area contributed by atoms with Crippen molar-refractivity contribution in [3.05, 3.63) is 65.0 Å². The lowest BCUT2D eigenvalue weighted by molar-refractivity contribution is 0.253. The number of ether oxygens (including phenoxy) is 1. The smallest absolute Gasteiger partial charge is 0.234 e. The number of rotatable bonds is 7. The van der Waals surface area contributed by atoms with Crippen LogP contribution in [-0.2, 0) is 13.0 Å². The number of nitriles is 1. The molecule has 37 heavy (non-hydrogen) atoms. The molecule has 0 N–H and O–H groups in total. The van der Waals surface area contributed by atoms with Gasteiger partial charge in [-0.15, -0.1) is 0 Å². The van der Waals surface area contributed by atoms with E-state index in [2.05, 4.69) is 26.9 Å². The van der Waals surface area contributed by atoms with E-state index >= 15 is 4.39 Å². The summed E-state index contributed by atoms with van der Waals surface area (Å²) in [4.78, 5) is 17.7. The van der Waals surface area contributed by atoms with Crippen molar-refractivity contribution < 1.29 is 9.13 Å².